The highest BCUT2D eigenvalue weighted by Crippen LogP contribution is 2.22. The Hall–Kier alpha value is -1.07. The third-order valence-corrected chi connectivity index (χ3v) is 2.06. The molecule has 6 heteroatoms. The third kappa shape index (κ3) is 3.83. The fourth-order valence-corrected chi connectivity index (χ4v) is 1.20. The van der Waals surface area contributed by atoms with Crippen LogP contribution in [-0.2, 0) is 4.74 Å². The fourth-order valence-electron chi connectivity index (χ4n) is 1.06. The van der Waals surface area contributed by atoms with Crippen molar-refractivity contribution in [3.63, 3.8) is 0 Å². The number of rotatable bonds is 6. The van der Waals surface area contributed by atoms with Gasteiger partial charge in [0.25, 0.3) is 0 Å². The van der Waals surface area contributed by atoms with Crippen molar-refractivity contribution in [2.45, 2.75) is 20.0 Å². The van der Waals surface area contributed by atoms with Gasteiger partial charge < -0.3 is 14.8 Å². The van der Waals surface area contributed by atoms with Crippen molar-refractivity contribution in [1.29, 1.82) is 0 Å². The van der Waals surface area contributed by atoms with Crippen molar-refractivity contribution < 1.29 is 9.47 Å². The standard InChI is InChI=1S/C10H16ClN3O2/c1-4-15-6-7(2)16-9-8(11)5-13-10(12-3)14-9/h5,7H,4,6H2,1-3H3,(H,12,13,14). The zero-order chi connectivity index (χ0) is 12.0. The van der Waals surface area contributed by atoms with Crippen LogP contribution in [0.2, 0.25) is 5.02 Å². The maximum Gasteiger partial charge on any atom is 0.237 e. The van der Waals surface area contributed by atoms with Crippen LogP contribution in [0.25, 0.3) is 0 Å². The molecule has 1 aromatic rings. The van der Waals surface area contributed by atoms with E-state index in [2.05, 4.69) is 15.3 Å². The molecule has 1 aromatic heterocycles. The van der Waals surface area contributed by atoms with E-state index in [0.29, 0.717) is 30.1 Å². The predicted octanol–water partition coefficient (Wildman–Crippen LogP) is 1.98. The lowest BCUT2D eigenvalue weighted by Crippen LogP contribution is -2.20. The first-order chi connectivity index (χ1) is 7.67. The topological polar surface area (TPSA) is 56.3 Å². The van der Waals surface area contributed by atoms with Crippen LogP contribution in [0.3, 0.4) is 0 Å². The van der Waals surface area contributed by atoms with E-state index in [1.165, 1.54) is 6.20 Å². The van der Waals surface area contributed by atoms with Gasteiger partial charge >= 0.3 is 0 Å². The van der Waals surface area contributed by atoms with E-state index < -0.39 is 0 Å². The van der Waals surface area contributed by atoms with Gasteiger partial charge in [-0.2, -0.15) is 4.98 Å². The van der Waals surface area contributed by atoms with Gasteiger partial charge in [0.1, 0.15) is 11.1 Å². The van der Waals surface area contributed by atoms with Gasteiger partial charge in [-0.25, -0.2) is 4.98 Å². The third-order valence-electron chi connectivity index (χ3n) is 1.81. The molecule has 0 aliphatic heterocycles. The molecule has 1 atom stereocenters. The number of hydrogen-bond acceptors (Lipinski definition) is 5. The van der Waals surface area contributed by atoms with E-state index in [4.69, 9.17) is 21.1 Å². The molecule has 16 heavy (non-hydrogen) atoms. The summed E-state index contributed by atoms with van der Waals surface area (Å²) in [6.07, 6.45) is 1.40. The summed E-state index contributed by atoms with van der Waals surface area (Å²) in [5.74, 6) is 0.844. The first-order valence-corrected chi connectivity index (χ1v) is 5.49. The second-order valence-corrected chi connectivity index (χ2v) is 3.59. The molecule has 0 saturated carbocycles. The number of aromatic nitrogens is 2. The first kappa shape index (κ1) is 13.0. The van der Waals surface area contributed by atoms with Gasteiger partial charge in [-0.05, 0) is 13.8 Å². The van der Waals surface area contributed by atoms with Crippen LogP contribution in [-0.4, -0.2) is 36.3 Å². The van der Waals surface area contributed by atoms with Gasteiger partial charge in [0.15, 0.2) is 0 Å². The molecule has 0 bridgehead atoms. The molecule has 1 N–H and O–H groups in total. The number of hydrogen-bond donors (Lipinski definition) is 1. The van der Waals surface area contributed by atoms with Crippen molar-refractivity contribution >= 4 is 17.5 Å². The van der Waals surface area contributed by atoms with Crippen molar-refractivity contribution in [2.24, 2.45) is 0 Å². The van der Waals surface area contributed by atoms with E-state index in [0.717, 1.165) is 0 Å². The second kappa shape index (κ2) is 6.50. The molecule has 0 fully saturated rings. The molecule has 90 valence electrons. The number of nitrogens with zero attached hydrogens (tertiary/aromatic N) is 2. The highest BCUT2D eigenvalue weighted by molar-refractivity contribution is 6.31. The van der Waals surface area contributed by atoms with Gasteiger partial charge in [0, 0.05) is 13.7 Å². The summed E-state index contributed by atoms with van der Waals surface area (Å²) in [7, 11) is 1.73. The lowest BCUT2D eigenvalue weighted by Gasteiger charge is -2.14. The highest BCUT2D eigenvalue weighted by Gasteiger charge is 2.10. The Labute approximate surface area is 100 Å². The van der Waals surface area contributed by atoms with Gasteiger partial charge in [-0.1, -0.05) is 11.6 Å². The molecule has 1 rings (SSSR count). The Balaban J connectivity index is 2.64. The molecule has 0 amide bonds. The molecule has 0 saturated heterocycles. The van der Waals surface area contributed by atoms with E-state index in [9.17, 15) is 0 Å². The average Bonchev–Trinajstić information content (AvgIpc) is 2.29. The van der Waals surface area contributed by atoms with Crippen molar-refractivity contribution in [3.8, 4) is 5.88 Å². The number of anilines is 1. The van der Waals surface area contributed by atoms with E-state index in [-0.39, 0.29) is 6.10 Å². The van der Waals surface area contributed by atoms with E-state index in [1.807, 2.05) is 13.8 Å². The maximum atomic E-state index is 5.91. The Bertz CT molecular complexity index is 336. The summed E-state index contributed by atoms with van der Waals surface area (Å²) in [5.41, 5.74) is 0. The van der Waals surface area contributed by atoms with Crippen LogP contribution >= 0.6 is 11.6 Å². The monoisotopic (exact) mass is 245 g/mol. The minimum absolute atomic E-state index is 0.0999. The van der Waals surface area contributed by atoms with Gasteiger partial charge in [0.05, 0.1) is 12.8 Å². The van der Waals surface area contributed by atoms with Crippen LogP contribution in [0.4, 0.5) is 5.95 Å². The first-order valence-electron chi connectivity index (χ1n) is 5.12. The summed E-state index contributed by atoms with van der Waals surface area (Å²) >= 11 is 5.91. The normalized spacial score (nSPS) is 12.2. The summed E-state index contributed by atoms with van der Waals surface area (Å²) in [5, 5.41) is 3.21. The zero-order valence-corrected chi connectivity index (χ0v) is 10.4. The van der Waals surface area contributed by atoms with Gasteiger partial charge in [-0.3, -0.25) is 0 Å². The largest absolute Gasteiger partial charge is 0.471 e. The van der Waals surface area contributed by atoms with Crippen LogP contribution in [0.15, 0.2) is 6.20 Å². The molecule has 0 aromatic carbocycles. The van der Waals surface area contributed by atoms with Crippen molar-refractivity contribution in [2.75, 3.05) is 25.6 Å². The molecular weight excluding hydrogens is 230 g/mol. The van der Waals surface area contributed by atoms with Crippen LogP contribution in [0, 0.1) is 0 Å². The molecule has 0 radical (unpaired) electrons. The van der Waals surface area contributed by atoms with Gasteiger partial charge in [-0.15, -0.1) is 0 Å². The van der Waals surface area contributed by atoms with Crippen molar-refractivity contribution in [3.05, 3.63) is 11.2 Å². The van der Waals surface area contributed by atoms with Crippen molar-refractivity contribution in [1.82, 2.24) is 9.97 Å². The molecule has 0 aliphatic rings. The minimum Gasteiger partial charge on any atom is -0.471 e. The molecule has 5 nitrogen and oxygen atoms in total. The Morgan fingerprint density at radius 1 is 1.56 bits per heavy atom. The SMILES string of the molecule is CCOCC(C)Oc1nc(NC)ncc1Cl. The zero-order valence-electron chi connectivity index (χ0n) is 9.66. The molecule has 1 unspecified atom stereocenters. The van der Waals surface area contributed by atoms with Crippen LogP contribution in [0.1, 0.15) is 13.8 Å². The summed E-state index contributed by atoms with van der Waals surface area (Å²) in [4.78, 5) is 8.07. The summed E-state index contributed by atoms with van der Waals surface area (Å²) in [6.45, 7) is 5.00. The lowest BCUT2D eigenvalue weighted by atomic mass is 10.4. The second-order valence-electron chi connectivity index (χ2n) is 3.18. The quantitative estimate of drug-likeness (QED) is 0.831. The summed E-state index contributed by atoms with van der Waals surface area (Å²) < 4.78 is 10.8. The molecule has 1 heterocycles. The van der Waals surface area contributed by atoms with E-state index >= 15 is 0 Å². The summed E-state index contributed by atoms with van der Waals surface area (Å²) in [6, 6.07) is 0. The fraction of sp³-hybridized carbons (Fsp3) is 0.600. The predicted molar refractivity (Wildman–Crippen MR) is 63.2 cm³/mol. The molecule has 0 aliphatic carbocycles. The lowest BCUT2D eigenvalue weighted by molar-refractivity contribution is 0.0634. The highest BCUT2D eigenvalue weighted by atomic mass is 35.5. The van der Waals surface area contributed by atoms with Gasteiger partial charge in [0.2, 0.25) is 11.8 Å². The Kier molecular flexibility index (Phi) is 5.28. The maximum absolute atomic E-state index is 5.91. The number of nitrogens with one attached hydrogen (secondary N) is 1. The molecule has 0 spiro atoms. The van der Waals surface area contributed by atoms with Crippen LogP contribution < -0.4 is 10.1 Å². The number of ether oxygens (including phenoxy) is 2. The number of halogens is 1. The Morgan fingerprint density at radius 2 is 2.31 bits per heavy atom. The Morgan fingerprint density at radius 3 is 2.94 bits per heavy atom. The minimum atomic E-state index is -0.0999. The smallest absolute Gasteiger partial charge is 0.237 e. The molecular formula is C10H16ClN3O2. The average molecular weight is 246 g/mol. The van der Waals surface area contributed by atoms with Crippen LogP contribution in [0.5, 0.6) is 5.88 Å². The van der Waals surface area contributed by atoms with E-state index in [1.54, 1.807) is 7.05 Å².